The molecule has 0 saturated carbocycles. The Morgan fingerprint density at radius 1 is 1.19 bits per heavy atom. The van der Waals surface area contributed by atoms with Gasteiger partial charge in [0.25, 0.3) is 5.91 Å². The zero-order valence-electron chi connectivity index (χ0n) is 20.2. The summed E-state index contributed by atoms with van der Waals surface area (Å²) in [5.74, 6) is 1.79. The normalized spacial score (nSPS) is 10.7. The number of aromatic nitrogens is 2. The highest BCUT2D eigenvalue weighted by atomic mass is 32.1. The maximum absolute atomic E-state index is 12.3. The molecule has 4 rings (SSSR count). The van der Waals surface area contributed by atoms with Crippen LogP contribution in [0.3, 0.4) is 0 Å². The molecule has 0 spiro atoms. The van der Waals surface area contributed by atoms with Gasteiger partial charge in [0.15, 0.2) is 5.13 Å². The van der Waals surface area contributed by atoms with Crippen molar-refractivity contribution >= 4 is 44.0 Å². The Kier molecular flexibility index (Phi) is 7.99. The summed E-state index contributed by atoms with van der Waals surface area (Å²) in [5, 5.41) is 6.78. The lowest BCUT2D eigenvalue weighted by Crippen LogP contribution is -2.28. The van der Waals surface area contributed by atoms with E-state index in [0.29, 0.717) is 53.4 Å². The van der Waals surface area contributed by atoms with E-state index in [1.165, 1.54) is 11.3 Å². The first kappa shape index (κ1) is 25.0. The van der Waals surface area contributed by atoms with Crippen molar-refractivity contribution in [3.63, 3.8) is 0 Å². The quantitative estimate of drug-likeness (QED) is 0.196. The maximum atomic E-state index is 12.3. The van der Waals surface area contributed by atoms with E-state index in [1.807, 2.05) is 48.2 Å². The molecule has 2 aromatic carbocycles. The summed E-state index contributed by atoms with van der Waals surface area (Å²) >= 11 is 1.49. The van der Waals surface area contributed by atoms with E-state index in [0.717, 1.165) is 15.9 Å². The summed E-state index contributed by atoms with van der Waals surface area (Å²) in [6.07, 6.45) is 3.37. The van der Waals surface area contributed by atoms with Gasteiger partial charge in [0.1, 0.15) is 17.3 Å². The third-order valence-electron chi connectivity index (χ3n) is 5.30. The standard InChI is InChI=1S/C26H28N6O3S/c1-4-32(23-10-7-18(14-21(23)27)25(33)29-12-13-34-3)17(2)30-26-31-22-9-8-19(15-24(22)36-26)35-20-6-5-11-28-16-20/h5-11,14-16H,2,4,12-13,27H2,1,3H3,(H,29,33)(H,30,31). The number of thiazole rings is 1. The number of pyridine rings is 1. The number of hydrogen-bond donors (Lipinski definition) is 3. The minimum atomic E-state index is -0.202. The lowest BCUT2D eigenvalue weighted by atomic mass is 10.1. The molecule has 0 unspecified atom stereocenters. The first-order valence-corrected chi connectivity index (χ1v) is 12.2. The zero-order valence-corrected chi connectivity index (χ0v) is 21.0. The van der Waals surface area contributed by atoms with Gasteiger partial charge in [-0.05, 0) is 49.4 Å². The number of nitrogens with zero attached hydrogens (tertiary/aromatic N) is 3. The smallest absolute Gasteiger partial charge is 0.251 e. The van der Waals surface area contributed by atoms with E-state index < -0.39 is 0 Å². The van der Waals surface area contributed by atoms with Crippen LogP contribution in [0.1, 0.15) is 17.3 Å². The van der Waals surface area contributed by atoms with Crippen LogP contribution in [0.15, 0.2) is 73.3 Å². The van der Waals surface area contributed by atoms with E-state index >= 15 is 0 Å². The monoisotopic (exact) mass is 504 g/mol. The lowest BCUT2D eigenvalue weighted by Gasteiger charge is -2.27. The van der Waals surface area contributed by atoms with Crippen LogP contribution in [-0.4, -0.2) is 42.7 Å². The van der Waals surface area contributed by atoms with Crippen molar-refractivity contribution in [2.45, 2.75) is 6.92 Å². The molecule has 0 saturated heterocycles. The van der Waals surface area contributed by atoms with E-state index in [2.05, 4.69) is 27.2 Å². The van der Waals surface area contributed by atoms with E-state index in [4.69, 9.17) is 15.2 Å². The molecule has 0 radical (unpaired) electrons. The van der Waals surface area contributed by atoms with Crippen molar-refractivity contribution in [3.05, 3.63) is 78.9 Å². The molecule has 0 aliphatic carbocycles. The molecule has 0 fully saturated rings. The van der Waals surface area contributed by atoms with Crippen LogP contribution in [0.4, 0.5) is 16.5 Å². The Morgan fingerprint density at radius 2 is 2.06 bits per heavy atom. The van der Waals surface area contributed by atoms with Crippen LogP contribution in [0.2, 0.25) is 0 Å². The van der Waals surface area contributed by atoms with Crippen molar-refractivity contribution in [3.8, 4) is 11.5 Å². The Hall–Kier alpha value is -4.15. The molecule has 36 heavy (non-hydrogen) atoms. The number of carbonyl (C=O) groups excluding carboxylic acids is 1. The molecule has 0 atom stereocenters. The van der Waals surface area contributed by atoms with Crippen LogP contribution in [0, 0.1) is 0 Å². The minimum Gasteiger partial charge on any atom is -0.456 e. The fourth-order valence-corrected chi connectivity index (χ4v) is 4.49. The largest absolute Gasteiger partial charge is 0.456 e. The van der Waals surface area contributed by atoms with E-state index in [1.54, 1.807) is 31.6 Å². The third-order valence-corrected chi connectivity index (χ3v) is 6.23. The van der Waals surface area contributed by atoms with Gasteiger partial charge in [-0.2, -0.15) is 0 Å². The van der Waals surface area contributed by atoms with Gasteiger partial charge in [0.05, 0.1) is 34.4 Å². The molecule has 9 nitrogen and oxygen atoms in total. The van der Waals surface area contributed by atoms with Gasteiger partial charge in [0.2, 0.25) is 0 Å². The number of nitrogens with two attached hydrogens (primary N) is 1. The molecule has 2 heterocycles. The minimum absolute atomic E-state index is 0.202. The van der Waals surface area contributed by atoms with Gasteiger partial charge in [-0.1, -0.05) is 17.9 Å². The number of anilines is 3. The van der Waals surface area contributed by atoms with Gasteiger partial charge < -0.3 is 30.7 Å². The van der Waals surface area contributed by atoms with Crippen LogP contribution < -0.4 is 26.0 Å². The summed E-state index contributed by atoms with van der Waals surface area (Å²) in [7, 11) is 1.59. The second kappa shape index (κ2) is 11.5. The number of amides is 1. The van der Waals surface area contributed by atoms with Crippen molar-refractivity contribution in [1.29, 1.82) is 0 Å². The van der Waals surface area contributed by atoms with Crippen LogP contribution in [0.25, 0.3) is 10.2 Å². The lowest BCUT2D eigenvalue weighted by molar-refractivity contribution is 0.0937. The number of rotatable bonds is 11. The number of nitrogen functional groups attached to an aromatic ring is 1. The fraction of sp³-hybridized carbons (Fsp3) is 0.192. The molecule has 4 aromatic rings. The Morgan fingerprint density at radius 3 is 2.78 bits per heavy atom. The van der Waals surface area contributed by atoms with Crippen LogP contribution >= 0.6 is 11.3 Å². The summed E-state index contributed by atoms with van der Waals surface area (Å²) in [5.41, 5.74) is 8.87. The number of ether oxygens (including phenoxy) is 2. The molecule has 0 aliphatic rings. The number of carbonyl (C=O) groups is 1. The summed E-state index contributed by atoms with van der Waals surface area (Å²) < 4.78 is 11.8. The number of fused-ring (bicyclic) bond motifs is 1. The van der Waals surface area contributed by atoms with Gasteiger partial charge >= 0.3 is 0 Å². The molecular weight excluding hydrogens is 476 g/mol. The number of hydrogen-bond acceptors (Lipinski definition) is 9. The first-order valence-electron chi connectivity index (χ1n) is 11.4. The Balaban J connectivity index is 1.46. The maximum Gasteiger partial charge on any atom is 0.251 e. The van der Waals surface area contributed by atoms with Crippen LogP contribution in [0.5, 0.6) is 11.5 Å². The average molecular weight is 505 g/mol. The molecule has 186 valence electrons. The molecule has 10 heteroatoms. The third kappa shape index (κ3) is 5.91. The second-order valence-electron chi connectivity index (χ2n) is 7.78. The van der Waals surface area contributed by atoms with Crippen molar-refractivity contribution in [1.82, 2.24) is 15.3 Å². The Bertz CT molecular complexity index is 1360. The predicted octanol–water partition coefficient (Wildman–Crippen LogP) is 4.85. The van der Waals surface area contributed by atoms with Gasteiger partial charge in [0, 0.05) is 38.0 Å². The molecule has 0 bridgehead atoms. The topological polar surface area (TPSA) is 115 Å². The van der Waals surface area contributed by atoms with Crippen LogP contribution in [-0.2, 0) is 4.74 Å². The molecule has 1 amide bonds. The number of benzene rings is 2. The first-order chi connectivity index (χ1) is 17.5. The molecule has 4 N–H and O–H groups in total. The second-order valence-corrected chi connectivity index (χ2v) is 8.81. The summed E-state index contributed by atoms with van der Waals surface area (Å²) in [4.78, 5) is 23.0. The predicted molar refractivity (Wildman–Crippen MR) is 145 cm³/mol. The summed E-state index contributed by atoms with van der Waals surface area (Å²) in [6, 6.07) is 14.6. The van der Waals surface area contributed by atoms with Gasteiger partial charge in [-0.15, -0.1) is 0 Å². The number of nitrogens with one attached hydrogen (secondary N) is 2. The molecule has 2 aromatic heterocycles. The van der Waals surface area contributed by atoms with E-state index in [9.17, 15) is 4.79 Å². The summed E-state index contributed by atoms with van der Waals surface area (Å²) in [6.45, 7) is 7.68. The average Bonchev–Trinajstić information content (AvgIpc) is 3.27. The highest BCUT2D eigenvalue weighted by Gasteiger charge is 2.16. The fourth-order valence-electron chi connectivity index (χ4n) is 3.57. The van der Waals surface area contributed by atoms with Crippen molar-refractivity contribution in [2.75, 3.05) is 42.8 Å². The number of methoxy groups -OCH3 is 1. The van der Waals surface area contributed by atoms with Crippen molar-refractivity contribution < 1.29 is 14.3 Å². The van der Waals surface area contributed by atoms with E-state index in [-0.39, 0.29) is 5.91 Å². The van der Waals surface area contributed by atoms with Gasteiger partial charge in [-0.25, -0.2) is 4.98 Å². The zero-order chi connectivity index (χ0) is 25.5. The van der Waals surface area contributed by atoms with Crippen molar-refractivity contribution in [2.24, 2.45) is 0 Å². The highest BCUT2D eigenvalue weighted by Crippen LogP contribution is 2.33. The molecular formula is C26H28N6O3S. The van der Waals surface area contributed by atoms with Gasteiger partial charge in [-0.3, -0.25) is 9.78 Å². The SMILES string of the molecule is C=C(Nc1nc2ccc(Oc3cccnc3)cc2s1)N(CC)c1ccc(C(=O)NCCOC)cc1N. The highest BCUT2D eigenvalue weighted by molar-refractivity contribution is 7.22. The molecule has 0 aliphatic heterocycles. The Labute approximate surface area is 213 Å².